The molecule has 2 heterocycles. The first-order chi connectivity index (χ1) is 10.1. The predicted octanol–water partition coefficient (Wildman–Crippen LogP) is 2.29. The lowest BCUT2D eigenvalue weighted by molar-refractivity contribution is 0.0698. The van der Waals surface area contributed by atoms with Gasteiger partial charge in [0.1, 0.15) is 5.82 Å². The van der Waals surface area contributed by atoms with Gasteiger partial charge in [0.05, 0.1) is 12.1 Å². The van der Waals surface area contributed by atoms with Gasteiger partial charge in [-0.2, -0.15) is 0 Å². The van der Waals surface area contributed by atoms with Crippen LogP contribution in [-0.4, -0.2) is 21.0 Å². The van der Waals surface area contributed by atoms with Gasteiger partial charge >= 0.3 is 10.8 Å². The van der Waals surface area contributed by atoms with Crippen LogP contribution in [0.3, 0.4) is 0 Å². The first-order valence-electron chi connectivity index (χ1n) is 6.17. The summed E-state index contributed by atoms with van der Waals surface area (Å²) in [5.74, 6) is -0.421. The minimum atomic E-state index is -1.01. The highest BCUT2D eigenvalue weighted by Crippen LogP contribution is 2.24. The number of carboxylic acids is 1. The minimum Gasteiger partial charge on any atom is -0.478 e. The molecule has 1 aromatic carbocycles. The van der Waals surface area contributed by atoms with Crippen molar-refractivity contribution < 1.29 is 9.90 Å². The fourth-order valence-electron chi connectivity index (χ4n) is 2.08. The number of hydrogen-bond donors (Lipinski definition) is 3. The van der Waals surface area contributed by atoms with Crippen LogP contribution in [0.15, 0.2) is 40.6 Å². The molecule has 0 aliphatic carbocycles. The zero-order valence-electron chi connectivity index (χ0n) is 10.8. The Bertz CT molecular complexity index is 869. The van der Waals surface area contributed by atoms with Gasteiger partial charge < -0.3 is 15.4 Å². The van der Waals surface area contributed by atoms with E-state index in [1.54, 1.807) is 17.5 Å². The molecular formula is C14H11N3O3S. The molecule has 0 bridgehead atoms. The zero-order valence-corrected chi connectivity index (χ0v) is 11.6. The Morgan fingerprint density at radius 1 is 1.33 bits per heavy atom. The molecule has 0 aliphatic rings. The van der Waals surface area contributed by atoms with Crippen LogP contribution in [0.1, 0.15) is 16.1 Å². The topological polar surface area (TPSA) is 95.1 Å². The molecule has 7 heteroatoms. The molecule has 21 heavy (non-hydrogen) atoms. The summed E-state index contributed by atoms with van der Waals surface area (Å²) in [5.41, 5.74) is 0.929. The van der Waals surface area contributed by atoms with Crippen molar-refractivity contribution in [2.75, 3.05) is 5.32 Å². The van der Waals surface area contributed by atoms with Gasteiger partial charge in [-0.3, -0.25) is 4.79 Å². The molecule has 0 unspecified atom stereocenters. The van der Waals surface area contributed by atoms with Crippen LogP contribution in [0, 0.1) is 0 Å². The maximum atomic E-state index is 11.2. The minimum absolute atomic E-state index is 0.106. The molecule has 0 saturated carbocycles. The summed E-state index contributed by atoms with van der Waals surface area (Å²) in [6, 6.07) is 7.17. The first-order valence-corrected chi connectivity index (χ1v) is 7.04. The van der Waals surface area contributed by atoms with Crippen LogP contribution in [0.4, 0.5) is 5.82 Å². The number of thiazole rings is 1. The van der Waals surface area contributed by atoms with Crippen LogP contribution in [0.25, 0.3) is 10.8 Å². The number of carbonyl (C=O) groups is 1. The molecule has 3 aromatic rings. The number of nitrogens with zero attached hydrogens (tertiary/aromatic N) is 1. The number of hydrogen-bond acceptors (Lipinski definition) is 5. The smallest absolute Gasteiger partial charge is 0.337 e. The second-order valence-corrected chi connectivity index (χ2v) is 5.24. The molecule has 3 rings (SSSR count). The van der Waals surface area contributed by atoms with Gasteiger partial charge in [0.15, 0.2) is 0 Å². The third-order valence-corrected chi connectivity index (χ3v) is 3.76. The van der Waals surface area contributed by atoms with Crippen LogP contribution in [0.5, 0.6) is 0 Å². The molecule has 0 saturated heterocycles. The van der Waals surface area contributed by atoms with Gasteiger partial charge in [-0.25, -0.2) is 9.78 Å². The number of pyridine rings is 1. The van der Waals surface area contributed by atoms with E-state index in [2.05, 4.69) is 15.3 Å². The van der Waals surface area contributed by atoms with Crippen molar-refractivity contribution in [1.29, 1.82) is 0 Å². The number of rotatable bonds is 4. The molecule has 0 amide bonds. The Balaban J connectivity index is 1.97. The SMILES string of the molecule is O=C(O)c1cnc(NCc2csc(=O)[nH]2)c2ccccc12. The quantitative estimate of drug-likeness (QED) is 0.687. The van der Waals surface area contributed by atoms with Crippen LogP contribution in [-0.2, 0) is 6.54 Å². The molecular weight excluding hydrogens is 290 g/mol. The normalized spacial score (nSPS) is 10.7. The number of anilines is 1. The van der Waals surface area contributed by atoms with E-state index in [1.807, 2.05) is 12.1 Å². The van der Waals surface area contributed by atoms with E-state index in [4.69, 9.17) is 0 Å². The second-order valence-electron chi connectivity index (χ2n) is 4.40. The lowest BCUT2D eigenvalue weighted by Gasteiger charge is -2.09. The van der Waals surface area contributed by atoms with Gasteiger partial charge in [0, 0.05) is 28.0 Å². The van der Waals surface area contributed by atoms with E-state index < -0.39 is 5.97 Å². The number of aromatic amines is 1. The molecule has 0 atom stereocenters. The van der Waals surface area contributed by atoms with Crippen LogP contribution < -0.4 is 10.2 Å². The molecule has 3 N–H and O–H groups in total. The Morgan fingerprint density at radius 2 is 2.10 bits per heavy atom. The van der Waals surface area contributed by atoms with Crippen molar-refractivity contribution in [2.24, 2.45) is 0 Å². The summed E-state index contributed by atoms with van der Waals surface area (Å²) in [4.78, 5) is 29.1. The first kappa shape index (κ1) is 13.3. The van der Waals surface area contributed by atoms with Crippen molar-refractivity contribution in [3.05, 3.63) is 56.8 Å². The molecule has 0 fully saturated rings. The fraction of sp³-hybridized carbons (Fsp3) is 0.0714. The average Bonchev–Trinajstić information content (AvgIpc) is 2.90. The Morgan fingerprint density at radius 3 is 2.76 bits per heavy atom. The van der Waals surface area contributed by atoms with Crippen LogP contribution >= 0.6 is 11.3 Å². The highest BCUT2D eigenvalue weighted by molar-refractivity contribution is 7.07. The molecule has 0 aliphatic heterocycles. The number of fused-ring (bicyclic) bond motifs is 1. The van der Waals surface area contributed by atoms with Gasteiger partial charge in [0.2, 0.25) is 0 Å². The van der Waals surface area contributed by atoms with Gasteiger partial charge in [0.25, 0.3) is 0 Å². The monoisotopic (exact) mass is 301 g/mol. The van der Waals surface area contributed by atoms with Gasteiger partial charge in [-0.1, -0.05) is 35.6 Å². The third kappa shape index (κ3) is 2.63. The summed E-state index contributed by atoms with van der Waals surface area (Å²) < 4.78 is 0. The van der Waals surface area contributed by atoms with Crippen molar-refractivity contribution in [3.63, 3.8) is 0 Å². The number of H-pyrrole nitrogens is 1. The molecule has 6 nitrogen and oxygen atoms in total. The molecule has 0 radical (unpaired) electrons. The van der Waals surface area contributed by atoms with E-state index in [1.165, 1.54) is 6.20 Å². The lowest BCUT2D eigenvalue weighted by Crippen LogP contribution is -2.06. The van der Waals surface area contributed by atoms with E-state index in [0.29, 0.717) is 17.7 Å². The predicted molar refractivity (Wildman–Crippen MR) is 81.0 cm³/mol. The Kier molecular flexibility index (Phi) is 3.41. The standard InChI is InChI=1S/C14H11N3O3S/c18-13(19)11-6-16-12(10-4-2-1-3-9(10)11)15-5-8-7-21-14(20)17-8/h1-4,6-7H,5H2,(H,15,16)(H,17,20)(H,18,19). The fourth-order valence-corrected chi connectivity index (χ4v) is 2.67. The number of aromatic carboxylic acids is 1. The van der Waals surface area contributed by atoms with Crippen molar-refractivity contribution in [1.82, 2.24) is 9.97 Å². The zero-order chi connectivity index (χ0) is 14.8. The Labute approximate surface area is 123 Å². The van der Waals surface area contributed by atoms with Crippen LogP contribution in [0.2, 0.25) is 0 Å². The number of aromatic nitrogens is 2. The van der Waals surface area contributed by atoms with E-state index in [0.717, 1.165) is 22.4 Å². The highest BCUT2D eigenvalue weighted by atomic mass is 32.1. The molecule has 106 valence electrons. The molecule has 0 spiro atoms. The van der Waals surface area contributed by atoms with Gasteiger partial charge in [-0.05, 0) is 0 Å². The number of nitrogens with one attached hydrogen (secondary N) is 2. The summed E-state index contributed by atoms with van der Waals surface area (Å²) in [7, 11) is 0. The van der Waals surface area contributed by atoms with Crippen molar-refractivity contribution in [2.45, 2.75) is 6.54 Å². The average molecular weight is 301 g/mol. The third-order valence-electron chi connectivity index (χ3n) is 3.04. The van der Waals surface area contributed by atoms with Crippen molar-refractivity contribution in [3.8, 4) is 0 Å². The Hall–Kier alpha value is -2.67. The second kappa shape index (κ2) is 5.37. The summed E-state index contributed by atoms with van der Waals surface area (Å²) >= 11 is 1.10. The summed E-state index contributed by atoms with van der Waals surface area (Å²) in [5, 5.41) is 15.4. The number of carboxylic acid groups (broad SMARTS) is 1. The molecule has 2 aromatic heterocycles. The highest BCUT2D eigenvalue weighted by Gasteiger charge is 2.12. The van der Waals surface area contributed by atoms with E-state index in [9.17, 15) is 14.7 Å². The van der Waals surface area contributed by atoms with E-state index >= 15 is 0 Å². The summed E-state index contributed by atoms with van der Waals surface area (Å²) in [6.07, 6.45) is 1.34. The maximum Gasteiger partial charge on any atom is 0.337 e. The lowest BCUT2D eigenvalue weighted by atomic mass is 10.1. The number of benzene rings is 1. The van der Waals surface area contributed by atoms with E-state index in [-0.39, 0.29) is 10.4 Å². The maximum absolute atomic E-state index is 11.2. The largest absolute Gasteiger partial charge is 0.478 e. The van der Waals surface area contributed by atoms with Crippen molar-refractivity contribution >= 4 is 33.9 Å². The van der Waals surface area contributed by atoms with Gasteiger partial charge in [-0.15, -0.1) is 0 Å². The summed E-state index contributed by atoms with van der Waals surface area (Å²) in [6.45, 7) is 0.419.